The molecule has 0 aromatic carbocycles. The van der Waals surface area contributed by atoms with Crippen LogP contribution in [0.4, 0.5) is 0 Å². The van der Waals surface area contributed by atoms with Crippen molar-refractivity contribution >= 4 is 23.5 Å². The van der Waals surface area contributed by atoms with Crippen molar-refractivity contribution < 1.29 is 4.79 Å². The van der Waals surface area contributed by atoms with Gasteiger partial charge in [0.05, 0.1) is 5.02 Å². The molecule has 2 heterocycles. The second-order valence-corrected chi connectivity index (χ2v) is 4.16. The number of nitrogens with zero attached hydrogens (tertiary/aromatic N) is 4. The van der Waals surface area contributed by atoms with Crippen LogP contribution in [0.1, 0.15) is 23.1 Å². The Labute approximate surface area is 110 Å². The molecule has 0 atom stereocenters. The molecule has 0 N–H and O–H groups in total. The van der Waals surface area contributed by atoms with Crippen molar-refractivity contribution in [2.24, 2.45) is 7.05 Å². The fraction of sp³-hybridized carbons (Fsp3) is 0.250. The molecule has 94 valence electrons. The van der Waals surface area contributed by atoms with E-state index in [1.165, 1.54) is 10.8 Å². The van der Waals surface area contributed by atoms with Crippen molar-refractivity contribution in [3.8, 4) is 0 Å². The average Bonchev–Trinajstić information content (AvgIpc) is 2.92. The molecule has 2 aromatic rings. The largest absolute Gasteiger partial charge is 0.288 e. The highest BCUT2D eigenvalue weighted by Crippen LogP contribution is 2.15. The third-order valence-electron chi connectivity index (χ3n) is 2.53. The van der Waals surface area contributed by atoms with Crippen LogP contribution in [-0.4, -0.2) is 25.3 Å². The van der Waals surface area contributed by atoms with Crippen molar-refractivity contribution in [1.82, 2.24) is 19.6 Å². The van der Waals surface area contributed by atoms with Crippen LogP contribution < -0.4 is 0 Å². The molecular weight excluding hydrogens is 252 g/mol. The highest BCUT2D eigenvalue weighted by molar-refractivity contribution is 6.31. The van der Waals surface area contributed by atoms with Gasteiger partial charge in [-0.2, -0.15) is 10.2 Å². The lowest BCUT2D eigenvalue weighted by molar-refractivity contribution is 0.103. The van der Waals surface area contributed by atoms with Crippen molar-refractivity contribution in [1.29, 1.82) is 0 Å². The van der Waals surface area contributed by atoms with Crippen LogP contribution in [-0.2, 0) is 13.6 Å². The Balaban J connectivity index is 2.18. The standard InChI is InChI=1S/C12H13ClN4O/c1-3-17-8-9(13)10(15-17)4-5-12(18)11-6-7-14-16(11)2/h4-8H,3H2,1-2H3/b5-4+. The molecule has 5 nitrogen and oxygen atoms in total. The number of allylic oxidation sites excluding steroid dienone is 1. The van der Waals surface area contributed by atoms with Gasteiger partial charge in [0.25, 0.3) is 0 Å². The van der Waals surface area contributed by atoms with Crippen LogP contribution in [0, 0.1) is 0 Å². The maximum absolute atomic E-state index is 11.9. The maximum atomic E-state index is 11.9. The molecule has 0 spiro atoms. The fourth-order valence-electron chi connectivity index (χ4n) is 1.54. The van der Waals surface area contributed by atoms with Gasteiger partial charge in [-0.25, -0.2) is 0 Å². The molecule has 0 bridgehead atoms. The summed E-state index contributed by atoms with van der Waals surface area (Å²) in [6.07, 6.45) is 6.38. The summed E-state index contributed by atoms with van der Waals surface area (Å²) >= 11 is 6.00. The van der Waals surface area contributed by atoms with Gasteiger partial charge in [-0.3, -0.25) is 14.2 Å². The number of carbonyl (C=O) groups is 1. The van der Waals surface area contributed by atoms with E-state index in [2.05, 4.69) is 10.2 Å². The van der Waals surface area contributed by atoms with Crippen molar-refractivity contribution in [3.63, 3.8) is 0 Å². The van der Waals surface area contributed by atoms with Gasteiger partial charge in [0, 0.05) is 26.0 Å². The number of halogens is 1. The van der Waals surface area contributed by atoms with E-state index < -0.39 is 0 Å². The summed E-state index contributed by atoms with van der Waals surface area (Å²) in [6, 6.07) is 1.67. The van der Waals surface area contributed by atoms with Gasteiger partial charge in [0.2, 0.25) is 5.78 Å². The minimum Gasteiger partial charge on any atom is -0.288 e. The van der Waals surface area contributed by atoms with E-state index in [4.69, 9.17) is 11.6 Å². The zero-order valence-electron chi connectivity index (χ0n) is 10.2. The fourth-order valence-corrected chi connectivity index (χ4v) is 1.76. The molecule has 0 aliphatic heterocycles. The number of aryl methyl sites for hydroxylation is 2. The zero-order chi connectivity index (χ0) is 13.1. The normalized spacial score (nSPS) is 11.3. The summed E-state index contributed by atoms with van der Waals surface area (Å²) < 4.78 is 3.25. The number of rotatable bonds is 4. The second-order valence-electron chi connectivity index (χ2n) is 3.76. The van der Waals surface area contributed by atoms with E-state index in [0.29, 0.717) is 16.4 Å². The highest BCUT2D eigenvalue weighted by atomic mass is 35.5. The van der Waals surface area contributed by atoms with Gasteiger partial charge < -0.3 is 0 Å². The van der Waals surface area contributed by atoms with Gasteiger partial charge in [-0.1, -0.05) is 11.6 Å². The van der Waals surface area contributed by atoms with E-state index in [-0.39, 0.29) is 5.78 Å². The van der Waals surface area contributed by atoms with E-state index in [1.54, 1.807) is 36.3 Å². The average molecular weight is 265 g/mol. The monoisotopic (exact) mass is 264 g/mol. The van der Waals surface area contributed by atoms with Gasteiger partial charge in [0.15, 0.2) is 0 Å². The Bertz CT molecular complexity index is 597. The first kappa shape index (κ1) is 12.6. The van der Waals surface area contributed by atoms with Crippen LogP contribution >= 0.6 is 11.6 Å². The number of aromatic nitrogens is 4. The van der Waals surface area contributed by atoms with Gasteiger partial charge >= 0.3 is 0 Å². The quantitative estimate of drug-likeness (QED) is 0.628. The number of hydrogen-bond donors (Lipinski definition) is 0. The molecule has 0 unspecified atom stereocenters. The zero-order valence-corrected chi connectivity index (χ0v) is 10.9. The summed E-state index contributed by atoms with van der Waals surface area (Å²) in [7, 11) is 1.72. The minimum atomic E-state index is -0.128. The van der Waals surface area contributed by atoms with Crippen LogP contribution in [0.3, 0.4) is 0 Å². The third kappa shape index (κ3) is 2.51. The number of ketones is 1. The summed E-state index contributed by atoms with van der Waals surface area (Å²) in [4.78, 5) is 11.9. The lowest BCUT2D eigenvalue weighted by atomic mass is 10.2. The topological polar surface area (TPSA) is 52.7 Å². The van der Waals surface area contributed by atoms with Gasteiger partial charge in [-0.15, -0.1) is 0 Å². The minimum absolute atomic E-state index is 0.128. The van der Waals surface area contributed by atoms with Crippen molar-refractivity contribution in [2.45, 2.75) is 13.5 Å². The molecule has 0 saturated carbocycles. The third-order valence-corrected chi connectivity index (χ3v) is 2.82. The Morgan fingerprint density at radius 2 is 2.33 bits per heavy atom. The second kappa shape index (κ2) is 5.18. The van der Waals surface area contributed by atoms with E-state index in [0.717, 1.165) is 6.54 Å². The van der Waals surface area contributed by atoms with E-state index in [1.807, 2.05) is 6.92 Å². The Kier molecular flexibility index (Phi) is 3.62. The Hall–Kier alpha value is -1.88. The van der Waals surface area contributed by atoms with Crippen LogP contribution in [0.5, 0.6) is 0 Å². The first-order chi connectivity index (χ1) is 8.61. The molecule has 0 fully saturated rings. The Morgan fingerprint density at radius 3 is 2.89 bits per heavy atom. The van der Waals surface area contributed by atoms with Crippen LogP contribution in [0.2, 0.25) is 5.02 Å². The molecule has 2 rings (SSSR count). The first-order valence-corrected chi connectivity index (χ1v) is 5.93. The predicted molar refractivity (Wildman–Crippen MR) is 69.5 cm³/mol. The molecule has 0 aliphatic rings. The predicted octanol–water partition coefficient (Wildman–Crippen LogP) is 2.19. The molecule has 0 aliphatic carbocycles. The Morgan fingerprint density at radius 1 is 1.56 bits per heavy atom. The first-order valence-electron chi connectivity index (χ1n) is 5.55. The lowest BCUT2D eigenvalue weighted by Crippen LogP contribution is -2.03. The van der Waals surface area contributed by atoms with Gasteiger partial charge in [-0.05, 0) is 25.1 Å². The SMILES string of the molecule is CCn1cc(Cl)c(/C=C/C(=O)c2ccnn2C)n1. The highest BCUT2D eigenvalue weighted by Gasteiger charge is 2.07. The summed E-state index contributed by atoms with van der Waals surface area (Å²) in [5.41, 5.74) is 1.12. The van der Waals surface area contributed by atoms with Gasteiger partial charge in [0.1, 0.15) is 11.4 Å². The molecule has 0 amide bonds. The van der Waals surface area contributed by atoms with Crippen molar-refractivity contribution in [3.05, 3.63) is 40.9 Å². The van der Waals surface area contributed by atoms with Crippen molar-refractivity contribution in [2.75, 3.05) is 0 Å². The summed E-state index contributed by atoms with van der Waals surface area (Å²) in [6.45, 7) is 2.71. The van der Waals surface area contributed by atoms with E-state index in [9.17, 15) is 4.79 Å². The molecule has 6 heteroatoms. The number of hydrogen-bond acceptors (Lipinski definition) is 3. The van der Waals surface area contributed by atoms with Crippen LogP contribution in [0.25, 0.3) is 6.08 Å². The van der Waals surface area contributed by atoms with E-state index >= 15 is 0 Å². The number of carbonyl (C=O) groups excluding carboxylic acids is 1. The summed E-state index contributed by atoms with van der Waals surface area (Å²) in [5.74, 6) is -0.128. The van der Waals surface area contributed by atoms with Crippen LogP contribution in [0.15, 0.2) is 24.5 Å². The molecule has 18 heavy (non-hydrogen) atoms. The lowest BCUT2D eigenvalue weighted by Gasteiger charge is -1.95. The smallest absolute Gasteiger partial charge is 0.203 e. The molecule has 2 aromatic heterocycles. The molecule has 0 saturated heterocycles. The molecule has 0 radical (unpaired) electrons. The summed E-state index contributed by atoms with van der Waals surface area (Å²) in [5, 5.41) is 8.70. The maximum Gasteiger partial charge on any atom is 0.203 e. The molecular formula is C12H13ClN4O.